The number of sulfonamides is 1. The third kappa shape index (κ3) is 3.87. The molecule has 3 rings (SSSR count). The summed E-state index contributed by atoms with van der Waals surface area (Å²) in [5, 5.41) is 2.96. The Morgan fingerprint density at radius 1 is 1.27 bits per heavy atom. The van der Waals surface area contributed by atoms with Crippen molar-refractivity contribution >= 4 is 27.3 Å². The van der Waals surface area contributed by atoms with E-state index in [0.717, 1.165) is 16.3 Å². The average Bonchev–Trinajstić information content (AvgIpc) is 3.20. The molecule has 1 atom stereocenters. The first-order chi connectivity index (χ1) is 12.3. The first-order valence-corrected chi connectivity index (χ1v) is 11.0. The number of carbonyl (C=O) groups excluding carboxylic acids is 1. The van der Waals surface area contributed by atoms with Gasteiger partial charge in [-0.25, -0.2) is 8.42 Å². The van der Waals surface area contributed by atoms with Crippen LogP contribution in [0, 0.1) is 19.8 Å². The van der Waals surface area contributed by atoms with Gasteiger partial charge in [0.25, 0.3) is 10.0 Å². The minimum absolute atomic E-state index is 0.0777. The highest BCUT2D eigenvalue weighted by atomic mass is 32.2. The van der Waals surface area contributed by atoms with Gasteiger partial charge in [0.15, 0.2) is 0 Å². The lowest BCUT2D eigenvalue weighted by Crippen LogP contribution is -2.45. The first-order valence-electron chi connectivity index (χ1n) is 8.74. The molecule has 1 fully saturated rings. The maximum Gasteiger partial charge on any atom is 0.252 e. The molecule has 0 aliphatic carbocycles. The van der Waals surface area contributed by atoms with Crippen molar-refractivity contribution in [1.82, 2.24) is 14.2 Å². The van der Waals surface area contributed by atoms with Crippen LogP contribution in [0.25, 0.3) is 0 Å². The molecule has 1 aliphatic rings. The van der Waals surface area contributed by atoms with Crippen molar-refractivity contribution in [2.24, 2.45) is 13.0 Å². The summed E-state index contributed by atoms with van der Waals surface area (Å²) in [6.07, 6.45) is 1.42. The van der Waals surface area contributed by atoms with E-state index in [-0.39, 0.29) is 18.4 Å². The molecule has 0 spiro atoms. The van der Waals surface area contributed by atoms with E-state index in [1.165, 1.54) is 15.6 Å². The van der Waals surface area contributed by atoms with Gasteiger partial charge in [-0.05, 0) is 51.0 Å². The molecule has 2 aromatic rings. The van der Waals surface area contributed by atoms with E-state index in [2.05, 4.69) is 5.32 Å². The molecule has 0 radical (unpaired) electrons. The number of aryl methyl sites for hydroxylation is 2. The van der Waals surface area contributed by atoms with E-state index < -0.39 is 10.0 Å². The fourth-order valence-electron chi connectivity index (χ4n) is 3.22. The Labute approximate surface area is 158 Å². The van der Waals surface area contributed by atoms with E-state index in [1.54, 1.807) is 6.07 Å². The predicted molar refractivity (Wildman–Crippen MR) is 103 cm³/mol. The summed E-state index contributed by atoms with van der Waals surface area (Å²) in [7, 11) is -1.54. The fourth-order valence-corrected chi connectivity index (χ4v) is 6.18. The van der Waals surface area contributed by atoms with Crippen molar-refractivity contribution in [3.05, 3.63) is 40.5 Å². The molecule has 1 unspecified atom stereocenters. The van der Waals surface area contributed by atoms with Crippen molar-refractivity contribution in [2.45, 2.75) is 37.4 Å². The summed E-state index contributed by atoms with van der Waals surface area (Å²) in [6, 6.07) is 7.47. The van der Waals surface area contributed by atoms with Crippen molar-refractivity contribution in [1.29, 1.82) is 0 Å². The number of carbonyl (C=O) groups is 1. The van der Waals surface area contributed by atoms with Gasteiger partial charge >= 0.3 is 0 Å². The van der Waals surface area contributed by atoms with E-state index in [1.807, 2.05) is 43.7 Å². The standard InChI is InChI=1S/C18H25N3O3S2/c1-13-6-8-16(20(13)3)11-19-18(22)15-5-4-10-21(12-15)26(23,24)17-9-7-14(2)25-17/h6-9,15H,4-5,10-12H2,1-3H3,(H,19,22). The molecule has 8 heteroatoms. The average molecular weight is 396 g/mol. The van der Waals surface area contributed by atoms with Crippen molar-refractivity contribution in [2.75, 3.05) is 13.1 Å². The zero-order chi connectivity index (χ0) is 18.9. The number of piperidine rings is 1. The second kappa shape index (κ2) is 7.54. The topological polar surface area (TPSA) is 71.4 Å². The molecule has 1 N–H and O–H groups in total. The van der Waals surface area contributed by atoms with Crippen LogP contribution in [0.15, 0.2) is 28.5 Å². The number of hydrogen-bond donors (Lipinski definition) is 1. The van der Waals surface area contributed by atoms with Gasteiger partial charge in [-0.1, -0.05) is 0 Å². The van der Waals surface area contributed by atoms with Crippen molar-refractivity contribution < 1.29 is 13.2 Å². The molecule has 0 saturated carbocycles. The third-order valence-corrected chi connectivity index (χ3v) is 8.32. The highest BCUT2D eigenvalue weighted by Crippen LogP contribution is 2.28. The number of thiophene rings is 1. The van der Waals surface area contributed by atoms with Gasteiger partial charge < -0.3 is 9.88 Å². The predicted octanol–water partition coefficient (Wildman–Crippen LogP) is 2.42. The Morgan fingerprint density at radius 3 is 2.65 bits per heavy atom. The van der Waals surface area contributed by atoms with Gasteiger partial charge in [0.2, 0.25) is 5.91 Å². The summed E-state index contributed by atoms with van der Waals surface area (Å²) in [6.45, 7) is 5.08. The Kier molecular flexibility index (Phi) is 5.55. The lowest BCUT2D eigenvalue weighted by molar-refractivity contribution is -0.126. The molecule has 0 aromatic carbocycles. The lowest BCUT2D eigenvalue weighted by atomic mass is 9.99. The molecule has 1 amide bonds. The van der Waals surface area contributed by atoms with Crippen LogP contribution in [0.1, 0.15) is 29.1 Å². The monoisotopic (exact) mass is 395 g/mol. The zero-order valence-electron chi connectivity index (χ0n) is 15.4. The van der Waals surface area contributed by atoms with E-state index in [9.17, 15) is 13.2 Å². The highest BCUT2D eigenvalue weighted by molar-refractivity contribution is 7.91. The Morgan fingerprint density at radius 2 is 2.04 bits per heavy atom. The Bertz CT molecular complexity index is 899. The van der Waals surface area contributed by atoms with E-state index >= 15 is 0 Å². The number of aromatic nitrogens is 1. The summed E-state index contributed by atoms with van der Waals surface area (Å²) in [5.74, 6) is -0.382. The van der Waals surface area contributed by atoms with E-state index in [4.69, 9.17) is 0 Å². The molecular formula is C18H25N3O3S2. The normalized spacial score (nSPS) is 18.8. The highest BCUT2D eigenvalue weighted by Gasteiger charge is 2.33. The first kappa shape index (κ1) is 19.1. The quantitative estimate of drug-likeness (QED) is 0.845. The van der Waals surface area contributed by atoms with Crippen LogP contribution in [0.4, 0.5) is 0 Å². The number of rotatable bonds is 5. The van der Waals surface area contributed by atoms with Gasteiger partial charge in [-0.3, -0.25) is 4.79 Å². The van der Waals surface area contributed by atoms with Crippen LogP contribution >= 0.6 is 11.3 Å². The van der Waals surface area contributed by atoms with Crippen LogP contribution in [0.3, 0.4) is 0 Å². The zero-order valence-corrected chi connectivity index (χ0v) is 17.0. The molecule has 1 aliphatic heterocycles. The third-order valence-electron chi connectivity index (χ3n) is 4.99. The molecule has 6 nitrogen and oxygen atoms in total. The maximum absolute atomic E-state index is 12.8. The van der Waals surface area contributed by atoms with Gasteiger partial charge in [-0.15, -0.1) is 11.3 Å². The summed E-state index contributed by atoms with van der Waals surface area (Å²) >= 11 is 1.28. The SMILES string of the molecule is Cc1ccc(S(=O)(=O)N2CCCC(C(=O)NCc3ccc(C)n3C)C2)s1. The second-order valence-electron chi connectivity index (χ2n) is 6.81. The molecule has 1 saturated heterocycles. The van der Waals surface area contributed by atoms with Gasteiger partial charge in [0.1, 0.15) is 4.21 Å². The van der Waals surface area contributed by atoms with Gasteiger partial charge in [0, 0.05) is 36.4 Å². The number of nitrogens with zero attached hydrogens (tertiary/aromatic N) is 2. The Balaban J connectivity index is 1.64. The lowest BCUT2D eigenvalue weighted by Gasteiger charge is -2.30. The minimum Gasteiger partial charge on any atom is -0.350 e. The largest absolute Gasteiger partial charge is 0.350 e. The molecule has 26 heavy (non-hydrogen) atoms. The maximum atomic E-state index is 12.8. The number of hydrogen-bond acceptors (Lipinski definition) is 4. The van der Waals surface area contributed by atoms with E-state index in [0.29, 0.717) is 30.1 Å². The van der Waals surface area contributed by atoms with Crippen LogP contribution < -0.4 is 5.32 Å². The molecular weight excluding hydrogens is 370 g/mol. The summed E-state index contributed by atoms with van der Waals surface area (Å²) in [4.78, 5) is 13.5. The van der Waals surface area contributed by atoms with Gasteiger partial charge in [-0.2, -0.15) is 4.31 Å². The fraction of sp³-hybridized carbons (Fsp3) is 0.500. The molecule has 0 bridgehead atoms. The Hall–Kier alpha value is -1.64. The van der Waals surface area contributed by atoms with Crippen molar-refractivity contribution in [3.8, 4) is 0 Å². The smallest absolute Gasteiger partial charge is 0.252 e. The van der Waals surface area contributed by atoms with Crippen molar-refractivity contribution in [3.63, 3.8) is 0 Å². The second-order valence-corrected chi connectivity index (χ2v) is 10.3. The van der Waals surface area contributed by atoms with Crippen LogP contribution in [-0.4, -0.2) is 36.3 Å². The number of nitrogens with one attached hydrogen (secondary N) is 1. The summed E-state index contributed by atoms with van der Waals surface area (Å²) in [5.41, 5.74) is 2.17. The molecule has 2 aromatic heterocycles. The molecule has 3 heterocycles. The summed E-state index contributed by atoms with van der Waals surface area (Å²) < 4.78 is 29.4. The van der Waals surface area contributed by atoms with Crippen LogP contribution in [0.5, 0.6) is 0 Å². The van der Waals surface area contributed by atoms with Gasteiger partial charge in [0.05, 0.1) is 12.5 Å². The molecule has 142 valence electrons. The van der Waals surface area contributed by atoms with Crippen LogP contribution in [-0.2, 0) is 28.4 Å². The van der Waals surface area contributed by atoms with Crippen LogP contribution in [0.2, 0.25) is 0 Å². The minimum atomic E-state index is -3.51. The number of amides is 1.